The number of rotatable bonds is 6. The van der Waals surface area contributed by atoms with Crippen molar-refractivity contribution in [2.75, 3.05) is 5.32 Å². The number of Topliss-reactive ketones (excluding diaryl/α,β-unsaturated/α-hetero) is 1. The van der Waals surface area contributed by atoms with Crippen LogP contribution >= 0.6 is 0 Å². The highest BCUT2D eigenvalue weighted by Crippen LogP contribution is 2.19. The summed E-state index contributed by atoms with van der Waals surface area (Å²) in [6.45, 7) is 1.18. The summed E-state index contributed by atoms with van der Waals surface area (Å²) in [5, 5.41) is 10.1. The summed E-state index contributed by atoms with van der Waals surface area (Å²) < 4.78 is 31.0. The maximum absolute atomic E-state index is 12.4. The summed E-state index contributed by atoms with van der Waals surface area (Å²) in [6, 6.07) is 7.96. The molecule has 11 nitrogen and oxygen atoms in total. The molecule has 1 aromatic heterocycles. The van der Waals surface area contributed by atoms with Crippen LogP contribution in [0.5, 0.6) is 0 Å². The number of fused-ring (bicyclic) bond motifs is 1. The predicted octanol–water partition coefficient (Wildman–Crippen LogP) is 1.78. The van der Waals surface area contributed by atoms with Gasteiger partial charge < -0.3 is 15.3 Å². The number of benzene rings is 2. The second kappa shape index (κ2) is 7.77. The number of hydrogen-bond acceptors (Lipinski definition) is 7. The van der Waals surface area contributed by atoms with Gasteiger partial charge in [-0.2, -0.15) is 18.6 Å². The lowest BCUT2D eigenvalue weighted by Crippen LogP contribution is -2.31. The van der Waals surface area contributed by atoms with Gasteiger partial charge >= 0.3 is 5.69 Å². The summed E-state index contributed by atoms with van der Waals surface area (Å²) in [5.74, 6) is -1.33. The second-order valence-corrected chi connectivity index (χ2v) is 7.45. The van der Waals surface area contributed by atoms with Crippen LogP contribution in [-0.4, -0.2) is 40.7 Å². The van der Waals surface area contributed by atoms with E-state index in [0.29, 0.717) is 16.7 Å². The molecule has 0 aliphatic heterocycles. The molecule has 0 aliphatic rings. The Hall–Kier alpha value is -3.64. The van der Waals surface area contributed by atoms with Crippen molar-refractivity contribution in [3.05, 3.63) is 52.9 Å². The minimum absolute atomic E-state index is 0.204. The van der Waals surface area contributed by atoms with E-state index in [1.54, 1.807) is 12.1 Å². The van der Waals surface area contributed by atoms with Gasteiger partial charge in [-0.1, -0.05) is 0 Å². The molecule has 0 saturated heterocycles. The number of carbonyl (C=O) groups is 2. The minimum atomic E-state index is -4.36. The highest BCUT2D eigenvalue weighted by atomic mass is 32.2. The maximum Gasteiger partial charge on any atom is 0.323 e. The second-order valence-electron chi connectivity index (χ2n) is 6.03. The number of ketones is 1. The first-order valence-electron chi connectivity index (χ1n) is 8.15. The summed E-state index contributed by atoms with van der Waals surface area (Å²) in [6.07, 6.45) is 0. The summed E-state index contributed by atoms with van der Waals surface area (Å²) >= 11 is 0. The number of nitrogens with one attached hydrogen (secondary N) is 3. The van der Waals surface area contributed by atoms with Gasteiger partial charge in [-0.05, 0) is 49.4 Å². The number of aromatic amines is 2. The molecule has 150 valence electrons. The van der Waals surface area contributed by atoms with E-state index >= 15 is 0 Å². The first-order chi connectivity index (χ1) is 13.6. The zero-order valence-corrected chi connectivity index (χ0v) is 15.7. The number of nitrogens with zero attached hydrogens (tertiary/aromatic N) is 2. The molecule has 1 heterocycles. The molecule has 1 unspecified atom stereocenters. The SMILES string of the molecule is CC(=O)C(N=Nc1ccc2[nH]c(=O)[nH]c2c1)C(=O)Nc1ccc(S(=O)(=O)O)cc1. The van der Waals surface area contributed by atoms with Crippen LogP contribution in [0.25, 0.3) is 11.0 Å². The van der Waals surface area contributed by atoms with Gasteiger partial charge in [0, 0.05) is 5.69 Å². The number of anilines is 1. The molecule has 0 fully saturated rings. The number of azo groups is 1. The van der Waals surface area contributed by atoms with Gasteiger partial charge in [-0.15, -0.1) is 0 Å². The fraction of sp³-hybridized carbons (Fsp3) is 0.118. The Kier molecular flexibility index (Phi) is 5.39. The number of aromatic nitrogens is 2. The molecule has 12 heteroatoms. The summed E-state index contributed by atoms with van der Waals surface area (Å²) in [4.78, 5) is 40.3. The van der Waals surface area contributed by atoms with Crippen molar-refractivity contribution in [1.29, 1.82) is 0 Å². The van der Waals surface area contributed by atoms with E-state index in [9.17, 15) is 22.8 Å². The first-order valence-corrected chi connectivity index (χ1v) is 9.59. The van der Waals surface area contributed by atoms with Gasteiger partial charge in [0.1, 0.15) is 0 Å². The van der Waals surface area contributed by atoms with Crippen LogP contribution in [0.2, 0.25) is 0 Å². The monoisotopic (exact) mass is 417 g/mol. The van der Waals surface area contributed by atoms with Gasteiger partial charge in [0.05, 0.1) is 21.6 Å². The Morgan fingerprint density at radius 2 is 1.72 bits per heavy atom. The Morgan fingerprint density at radius 1 is 1.07 bits per heavy atom. The lowest BCUT2D eigenvalue weighted by atomic mass is 10.2. The van der Waals surface area contributed by atoms with Crippen LogP contribution in [0.4, 0.5) is 11.4 Å². The zero-order chi connectivity index (χ0) is 21.2. The molecule has 0 bridgehead atoms. The molecular weight excluding hydrogens is 402 g/mol. The normalized spacial score (nSPS) is 12.9. The molecule has 29 heavy (non-hydrogen) atoms. The van der Waals surface area contributed by atoms with Gasteiger partial charge in [0.2, 0.25) is 6.04 Å². The number of H-pyrrole nitrogens is 2. The highest BCUT2D eigenvalue weighted by molar-refractivity contribution is 7.85. The topological polar surface area (TPSA) is 174 Å². The average molecular weight is 417 g/mol. The Labute approximate surface area is 163 Å². The summed E-state index contributed by atoms with van der Waals surface area (Å²) in [7, 11) is -4.36. The van der Waals surface area contributed by atoms with E-state index in [0.717, 1.165) is 12.1 Å². The molecule has 0 spiro atoms. The zero-order valence-electron chi connectivity index (χ0n) is 14.9. The molecule has 3 rings (SSSR count). The molecule has 0 saturated carbocycles. The van der Waals surface area contributed by atoms with Crippen LogP contribution in [0.15, 0.2) is 62.4 Å². The van der Waals surface area contributed by atoms with E-state index in [2.05, 4.69) is 25.5 Å². The van der Waals surface area contributed by atoms with Gasteiger partial charge in [-0.3, -0.25) is 14.1 Å². The van der Waals surface area contributed by atoms with Crippen molar-refractivity contribution in [3.8, 4) is 0 Å². The van der Waals surface area contributed by atoms with Crippen LogP contribution in [-0.2, 0) is 19.7 Å². The number of carbonyl (C=O) groups excluding carboxylic acids is 2. The lowest BCUT2D eigenvalue weighted by Gasteiger charge is -2.09. The van der Waals surface area contributed by atoms with Gasteiger partial charge in [0.15, 0.2) is 5.78 Å². The molecule has 4 N–H and O–H groups in total. The smallest absolute Gasteiger partial charge is 0.323 e. The quantitative estimate of drug-likeness (QED) is 0.270. The molecule has 1 atom stereocenters. The van der Waals surface area contributed by atoms with Crippen molar-refractivity contribution in [3.63, 3.8) is 0 Å². The first kappa shape index (κ1) is 20.1. The third kappa shape index (κ3) is 4.80. The lowest BCUT2D eigenvalue weighted by molar-refractivity contribution is -0.126. The number of amides is 1. The Morgan fingerprint density at radius 3 is 2.34 bits per heavy atom. The third-order valence-corrected chi connectivity index (χ3v) is 4.71. The highest BCUT2D eigenvalue weighted by Gasteiger charge is 2.23. The third-order valence-electron chi connectivity index (χ3n) is 3.84. The summed E-state index contributed by atoms with van der Waals surface area (Å²) in [5.41, 5.74) is 1.21. The molecular formula is C17H15N5O6S. The van der Waals surface area contributed by atoms with Crippen molar-refractivity contribution in [2.24, 2.45) is 10.2 Å². The maximum atomic E-state index is 12.4. The average Bonchev–Trinajstić information content (AvgIpc) is 3.00. The molecule has 3 aromatic rings. The van der Waals surface area contributed by atoms with Gasteiger partial charge in [0.25, 0.3) is 16.0 Å². The van der Waals surface area contributed by atoms with E-state index in [4.69, 9.17) is 4.55 Å². The van der Waals surface area contributed by atoms with E-state index in [1.165, 1.54) is 25.1 Å². The van der Waals surface area contributed by atoms with Crippen LogP contribution < -0.4 is 11.0 Å². The molecule has 0 aliphatic carbocycles. The van der Waals surface area contributed by atoms with Crippen molar-refractivity contribution >= 4 is 44.2 Å². The standard InChI is InChI=1S/C17H15N5O6S/c1-9(23)15(16(24)18-10-2-5-12(6-3-10)29(26,27)28)22-21-11-4-7-13-14(8-11)20-17(25)19-13/h2-8,15H,1H3,(H,18,24)(H2,19,20,25)(H,26,27,28). The predicted molar refractivity (Wildman–Crippen MR) is 103 cm³/mol. The molecule has 2 aromatic carbocycles. The van der Waals surface area contributed by atoms with Crippen molar-refractivity contribution in [1.82, 2.24) is 9.97 Å². The van der Waals surface area contributed by atoms with Crippen LogP contribution in [0, 0.1) is 0 Å². The molecule has 1 amide bonds. The Balaban J connectivity index is 1.77. The van der Waals surface area contributed by atoms with Crippen molar-refractivity contribution < 1.29 is 22.6 Å². The number of imidazole rings is 1. The largest absolute Gasteiger partial charge is 0.324 e. The minimum Gasteiger partial charge on any atom is -0.324 e. The van der Waals surface area contributed by atoms with E-state index < -0.39 is 27.9 Å². The van der Waals surface area contributed by atoms with Crippen LogP contribution in [0.3, 0.4) is 0 Å². The fourth-order valence-electron chi connectivity index (χ4n) is 2.45. The fourth-order valence-corrected chi connectivity index (χ4v) is 2.93. The van der Waals surface area contributed by atoms with Gasteiger partial charge in [-0.25, -0.2) is 4.79 Å². The Bertz CT molecular complexity index is 1270. The number of hydrogen-bond donors (Lipinski definition) is 4. The molecule has 0 radical (unpaired) electrons. The van der Waals surface area contributed by atoms with Crippen LogP contribution in [0.1, 0.15) is 6.92 Å². The van der Waals surface area contributed by atoms with Crippen molar-refractivity contribution in [2.45, 2.75) is 17.9 Å². The van der Waals surface area contributed by atoms with E-state index in [1.807, 2.05) is 0 Å². The van der Waals surface area contributed by atoms with E-state index in [-0.39, 0.29) is 16.3 Å².